The number of aromatic nitrogens is 1. The molecule has 2 rings (SSSR count). The van der Waals surface area contributed by atoms with Gasteiger partial charge in [-0.1, -0.05) is 31.2 Å². The lowest BCUT2D eigenvalue weighted by molar-refractivity contribution is 0.154. The van der Waals surface area contributed by atoms with Crippen molar-refractivity contribution in [3.05, 3.63) is 46.5 Å². The molecule has 0 aliphatic carbocycles. The van der Waals surface area contributed by atoms with Crippen molar-refractivity contribution in [2.24, 2.45) is 0 Å². The van der Waals surface area contributed by atoms with E-state index in [2.05, 4.69) is 43.1 Å². The molecular formula is C15H20N2OS. The summed E-state index contributed by atoms with van der Waals surface area (Å²) in [6, 6.07) is 8.65. The standard InChI is InChI=1S/C15H20N2OS/c1-4-11-5-7-12(8-6-11)15(2,10-18-3)13-9-19-14(16)17-13/h5-9H,4,10H2,1-3H3,(H2,16,17). The molecule has 4 heteroatoms. The average Bonchev–Trinajstić information content (AvgIpc) is 2.86. The van der Waals surface area contributed by atoms with E-state index in [4.69, 9.17) is 10.5 Å². The number of hydrogen-bond donors (Lipinski definition) is 1. The molecule has 0 amide bonds. The van der Waals surface area contributed by atoms with E-state index in [0.717, 1.165) is 12.1 Å². The second-order valence-electron chi connectivity index (χ2n) is 4.89. The maximum absolute atomic E-state index is 5.76. The van der Waals surface area contributed by atoms with Crippen molar-refractivity contribution < 1.29 is 4.74 Å². The predicted octanol–water partition coefficient (Wildman–Crippen LogP) is 3.24. The molecule has 0 saturated heterocycles. The van der Waals surface area contributed by atoms with Gasteiger partial charge in [-0.2, -0.15) is 0 Å². The zero-order chi connectivity index (χ0) is 13.9. The third kappa shape index (κ3) is 2.80. The van der Waals surface area contributed by atoms with Gasteiger partial charge in [-0.05, 0) is 24.5 Å². The molecule has 1 aromatic carbocycles. The van der Waals surface area contributed by atoms with E-state index < -0.39 is 0 Å². The molecule has 1 atom stereocenters. The number of thiazole rings is 1. The fourth-order valence-electron chi connectivity index (χ4n) is 2.24. The van der Waals surface area contributed by atoms with Crippen molar-refractivity contribution >= 4 is 16.5 Å². The summed E-state index contributed by atoms with van der Waals surface area (Å²) >= 11 is 1.47. The average molecular weight is 276 g/mol. The Hall–Kier alpha value is -1.39. The minimum Gasteiger partial charge on any atom is -0.383 e. The van der Waals surface area contributed by atoms with Crippen LogP contribution < -0.4 is 5.73 Å². The van der Waals surface area contributed by atoms with Gasteiger partial charge < -0.3 is 10.5 Å². The smallest absolute Gasteiger partial charge is 0.180 e. The van der Waals surface area contributed by atoms with Crippen LogP contribution in [0.15, 0.2) is 29.6 Å². The minimum atomic E-state index is -0.255. The first-order valence-corrected chi connectivity index (χ1v) is 7.28. The Morgan fingerprint density at radius 1 is 1.32 bits per heavy atom. The van der Waals surface area contributed by atoms with Gasteiger partial charge >= 0.3 is 0 Å². The Labute approximate surface area is 118 Å². The van der Waals surface area contributed by atoms with Crippen molar-refractivity contribution in [1.29, 1.82) is 0 Å². The topological polar surface area (TPSA) is 48.1 Å². The number of nitrogens with zero attached hydrogens (tertiary/aromatic N) is 1. The van der Waals surface area contributed by atoms with Crippen molar-refractivity contribution in [2.45, 2.75) is 25.7 Å². The van der Waals surface area contributed by atoms with E-state index in [1.54, 1.807) is 7.11 Å². The summed E-state index contributed by atoms with van der Waals surface area (Å²) in [6.45, 7) is 4.89. The van der Waals surface area contributed by atoms with E-state index in [1.165, 1.54) is 22.5 Å². The zero-order valence-electron chi connectivity index (χ0n) is 11.6. The number of benzene rings is 1. The normalized spacial score (nSPS) is 14.3. The van der Waals surface area contributed by atoms with E-state index in [0.29, 0.717) is 11.7 Å². The van der Waals surface area contributed by atoms with E-state index in [1.807, 2.05) is 5.38 Å². The summed E-state index contributed by atoms with van der Waals surface area (Å²) in [5, 5.41) is 2.62. The van der Waals surface area contributed by atoms with Crippen LogP contribution in [0.2, 0.25) is 0 Å². The Balaban J connectivity index is 2.42. The molecule has 0 radical (unpaired) electrons. The van der Waals surface area contributed by atoms with Crippen LogP contribution in [0.3, 0.4) is 0 Å². The van der Waals surface area contributed by atoms with Crippen LogP contribution in [0.25, 0.3) is 0 Å². The molecule has 0 spiro atoms. The van der Waals surface area contributed by atoms with Crippen LogP contribution in [-0.2, 0) is 16.6 Å². The number of aryl methyl sites for hydroxylation is 1. The fraction of sp³-hybridized carbons (Fsp3) is 0.400. The lowest BCUT2D eigenvalue weighted by atomic mass is 9.80. The number of nitrogen functional groups attached to an aromatic ring is 1. The highest BCUT2D eigenvalue weighted by Crippen LogP contribution is 2.33. The fourth-order valence-corrected chi connectivity index (χ4v) is 2.94. The van der Waals surface area contributed by atoms with Gasteiger partial charge in [-0.25, -0.2) is 4.98 Å². The quantitative estimate of drug-likeness (QED) is 0.912. The molecule has 0 aliphatic heterocycles. The molecule has 1 unspecified atom stereocenters. The van der Waals surface area contributed by atoms with Crippen molar-refractivity contribution in [2.75, 3.05) is 19.5 Å². The molecule has 102 valence electrons. The van der Waals surface area contributed by atoms with Crippen molar-refractivity contribution in [3.8, 4) is 0 Å². The summed E-state index contributed by atoms with van der Waals surface area (Å²) in [5.41, 5.74) is 9.02. The number of rotatable bonds is 5. The number of methoxy groups -OCH3 is 1. The molecule has 0 saturated carbocycles. The predicted molar refractivity (Wildman–Crippen MR) is 80.7 cm³/mol. The lowest BCUT2D eigenvalue weighted by Crippen LogP contribution is -2.29. The summed E-state index contributed by atoms with van der Waals surface area (Å²) in [4.78, 5) is 4.44. The second-order valence-corrected chi connectivity index (χ2v) is 5.78. The Kier molecular flexibility index (Phi) is 4.22. The van der Waals surface area contributed by atoms with Crippen LogP contribution >= 0.6 is 11.3 Å². The third-order valence-corrected chi connectivity index (χ3v) is 4.19. The van der Waals surface area contributed by atoms with Crippen LogP contribution in [0.1, 0.15) is 30.7 Å². The highest BCUT2D eigenvalue weighted by atomic mass is 32.1. The number of anilines is 1. The molecule has 2 aromatic rings. The van der Waals surface area contributed by atoms with Gasteiger partial charge in [0.2, 0.25) is 0 Å². The molecule has 0 fully saturated rings. The highest BCUT2D eigenvalue weighted by Gasteiger charge is 2.31. The molecule has 1 heterocycles. The monoisotopic (exact) mass is 276 g/mol. The van der Waals surface area contributed by atoms with E-state index in [-0.39, 0.29) is 5.41 Å². The van der Waals surface area contributed by atoms with Gasteiger partial charge in [0.1, 0.15) is 0 Å². The van der Waals surface area contributed by atoms with E-state index in [9.17, 15) is 0 Å². The van der Waals surface area contributed by atoms with Crippen LogP contribution in [-0.4, -0.2) is 18.7 Å². The van der Waals surface area contributed by atoms with Crippen LogP contribution in [0.5, 0.6) is 0 Å². The molecule has 3 nitrogen and oxygen atoms in total. The maximum Gasteiger partial charge on any atom is 0.180 e. The van der Waals surface area contributed by atoms with Crippen molar-refractivity contribution in [1.82, 2.24) is 4.98 Å². The van der Waals surface area contributed by atoms with Gasteiger partial charge in [0, 0.05) is 12.5 Å². The first kappa shape index (κ1) is 14.0. The molecule has 1 aromatic heterocycles. The third-order valence-electron chi connectivity index (χ3n) is 3.52. The van der Waals surface area contributed by atoms with Gasteiger partial charge in [0.25, 0.3) is 0 Å². The Morgan fingerprint density at radius 3 is 2.47 bits per heavy atom. The van der Waals surface area contributed by atoms with Gasteiger partial charge in [0.05, 0.1) is 17.7 Å². The van der Waals surface area contributed by atoms with Gasteiger partial charge in [0.15, 0.2) is 5.13 Å². The molecular weight excluding hydrogens is 256 g/mol. The molecule has 2 N–H and O–H groups in total. The summed E-state index contributed by atoms with van der Waals surface area (Å²) in [6.07, 6.45) is 1.05. The minimum absolute atomic E-state index is 0.255. The number of nitrogens with two attached hydrogens (primary N) is 1. The molecule has 0 bridgehead atoms. The molecule has 19 heavy (non-hydrogen) atoms. The van der Waals surface area contributed by atoms with E-state index >= 15 is 0 Å². The van der Waals surface area contributed by atoms with Crippen molar-refractivity contribution in [3.63, 3.8) is 0 Å². The second kappa shape index (κ2) is 5.72. The maximum atomic E-state index is 5.76. The first-order valence-electron chi connectivity index (χ1n) is 6.40. The Morgan fingerprint density at radius 2 is 2.00 bits per heavy atom. The number of ether oxygens (including phenoxy) is 1. The summed E-state index contributed by atoms with van der Waals surface area (Å²) < 4.78 is 5.41. The zero-order valence-corrected chi connectivity index (χ0v) is 12.5. The largest absolute Gasteiger partial charge is 0.383 e. The summed E-state index contributed by atoms with van der Waals surface area (Å²) in [5.74, 6) is 0. The van der Waals surface area contributed by atoms with Gasteiger partial charge in [-0.15, -0.1) is 11.3 Å². The summed E-state index contributed by atoms with van der Waals surface area (Å²) in [7, 11) is 1.72. The SMILES string of the molecule is CCc1ccc(C(C)(COC)c2csc(N)n2)cc1. The van der Waals surface area contributed by atoms with Gasteiger partial charge in [-0.3, -0.25) is 0 Å². The first-order chi connectivity index (χ1) is 9.10. The highest BCUT2D eigenvalue weighted by molar-refractivity contribution is 7.13. The van der Waals surface area contributed by atoms with Crippen LogP contribution in [0.4, 0.5) is 5.13 Å². The molecule has 0 aliphatic rings. The Bertz CT molecular complexity index is 535. The number of hydrogen-bond acceptors (Lipinski definition) is 4. The van der Waals surface area contributed by atoms with Crippen LogP contribution in [0, 0.1) is 0 Å². The lowest BCUT2D eigenvalue weighted by Gasteiger charge is -2.27.